The van der Waals surface area contributed by atoms with Crippen molar-refractivity contribution in [2.24, 2.45) is 11.7 Å². The molecule has 1 heterocycles. The molecule has 1 aliphatic rings. The standard InChI is InChI=1S/C18H22N4O2/c1-12-11-16(21-22(12)13-7-3-2-4-8-13)18(24)20-15-10-6-5-9-14(15)17(19)23/h2-4,7-8,11,14-15H,5-6,9-10H2,1H3,(H2,19,23)(H,20,24)/t14-,15-/m0/s1. The second-order valence-corrected chi connectivity index (χ2v) is 6.29. The van der Waals surface area contributed by atoms with Crippen LogP contribution in [0.25, 0.3) is 5.69 Å². The van der Waals surface area contributed by atoms with E-state index in [2.05, 4.69) is 10.4 Å². The zero-order chi connectivity index (χ0) is 17.1. The van der Waals surface area contributed by atoms with Crippen molar-refractivity contribution in [1.29, 1.82) is 0 Å². The zero-order valence-corrected chi connectivity index (χ0v) is 13.7. The third-order valence-corrected chi connectivity index (χ3v) is 4.57. The van der Waals surface area contributed by atoms with Crippen LogP contribution in [-0.4, -0.2) is 27.6 Å². The second-order valence-electron chi connectivity index (χ2n) is 6.29. The number of hydrogen-bond donors (Lipinski definition) is 2. The first-order chi connectivity index (χ1) is 11.6. The highest BCUT2D eigenvalue weighted by atomic mass is 16.2. The Balaban J connectivity index is 1.77. The normalized spacial score (nSPS) is 20.5. The van der Waals surface area contributed by atoms with Crippen molar-refractivity contribution in [3.05, 3.63) is 47.8 Å². The minimum atomic E-state index is -0.342. The van der Waals surface area contributed by atoms with E-state index < -0.39 is 0 Å². The van der Waals surface area contributed by atoms with Gasteiger partial charge in [0.05, 0.1) is 11.6 Å². The van der Waals surface area contributed by atoms with Gasteiger partial charge in [-0.2, -0.15) is 5.10 Å². The van der Waals surface area contributed by atoms with Gasteiger partial charge in [0.2, 0.25) is 5.91 Å². The highest BCUT2D eigenvalue weighted by molar-refractivity contribution is 5.93. The summed E-state index contributed by atoms with van der Waals surface area (Å²) < 4.78 is 1.74. The topological polar surface area (TPSA) is 90.0 Å². The molecule has 24 heavy (non-hydrogen) atoms. The van der Waals surface area contributed by atoms with Crippen LogP contribution in [0.4, 0.5) is 0 Å². The number of carbonyl (C=O) groups is 2. The summed E-state index contributed by atoms with van der Waals surface area (Å²) in [5, 5.41) is 7.35. The lowest BCUT2D eigenvalue weighted by Gasteiger charge is -2.29. The highest BCUT2D eigenvalue weighted by Gasteiger charge is 2.31. The number of hydrogen-bond acceptors (Lipinski definition) is 3. The first-order valence-corrected chi connectivity index (χ1v) is 8.28. The van der Waals surface area contributed by atoms with Crippen LogP contribution < -0.4 is 11.1 Å². The lowest BCUT2D eigenvalue weighted by atomic mass is 9.84. The van der Waals surface area contributed by atoms with Crippen molar-refractivity contribution in [2.45, 2.75) is 38.6 Å². The second kappa shape index (κ2) is 6.86. The van der Waals surface area contributed by atoms with E-state index in [0.29, 0.717) is 5.69 Å². The SMILES string of the molecule is Cc1cc(C(=O)N[C@H]2CCCC[C@@H]2C(N)=O)nn1-c1ccccc1. The average molecular weight is 326 g/mol. The summed E-state index contributed by atoms with van der Waals surface area (Å²) in [6, 6.07) is 11.2. The molecule has 126 valence electrons. The van der Waals surface area contributed by atoms with Gasteiger partial charge in [-0.25, -0.2) is 4.68 Å². The van der Waals surface area contributed by atoms with Crippen LogP contribution in [-0.2, 0) is 4.79 Å². The molecule has 0 bridgehead atoms. The lowest BCUT2D eigenvalue weighted by molar-refractivity contribution is -0.123. The van der Waals surface area contributed by atoms with Crippen molar-refractivity contribution in [2.75, 3.05) is 0 Å². The van der Waals surface area contributed by atoms with Crippen LogP contribution >= 0.6 is 0 Å². The number of rotatable bonds is 4. The summed E-state index contributed by atoms with van der Waals surface area (Å²) in [4.78, 5) is 24.1. The van der Waals surface area contributed by atoms with Gasteiger partial charge < -0.3 is 11.1 Å². The monoisotopic (exact) mass is 326 g/mol. The minimum absolute atomic E-state index is 0.203. The summed E-state index contributed by atoms with van der Waals surface area (Å²) in [6.07, 6.45) is 3.48. The molecule has 1 aromatic carbocycles. The van der Waals surface area contributed by atoms with Crippen molar-refractivity contribution < 1.29 is 9.59 Å². The number of para-hydroxylation sites is 1. The number of aryl methyl sites for hydroxylation is 1. The van der Waals surface area contributed by atoms with Crippen molar-refractivity contribution in [3.63, 3.8) is 0 Å². The lowest BCUT2D eigenvalue weighted by Crippen LogP contribution is -2.47. The molecule has 1 aromatic heterocycles. The molecule has 2 atom stereocenters. The molecule has 3 N–H and O–H groups in total. The Morgan fingerprint density at radius 1 is 1.21 bits per heavy atom. The van der Waals surface area contributed by atoms with Gasteiger partial charge in [-0.1, -0.05) is 31.0 Å². The quantitative estimate of drug-likeness (QED) is 0.900. The van der Waals surface area contributed by atoms with E-state index in [1.165, 1.54) is 0 Å². The largest absolute Gasteiger partial charge is 0.369 e. The summed E-state index contributed by atoms with van der Waals surface area (Å²) >= 11 is 0. The molecule has 0 unspecified atom stereocenters. The van der Waals surface area contributed by atoms with E-state index in [0.717, 1.165) is 37.1 Å². The zero-order valence-electron chi connectivity index (χ0n) is 13.7. The van der Waals surface area contributed by atoms with Crippen LogP contribution in [0.15, 0.2) is 36.4 Å². The van der Waals surface area contributed by atoms with Crippen molar-refractivity contribution in [3.8, 4) is 5.69 Å². The molecule has 1 aliphatic carbocycles. The number of benzene rings is 1. The van der Waals surface area contributed by atoms with E-state index in [4.69, 9.17) is 5.73 Å². The summed E-state index contributed by atoms with van der Waals surface area (Å²) in [6.45, 7) is 1.91. The predicted octanol–water partition coefficient (Wildman–Crippen LogP) is 1.95. The van der Waals surface area contributed by atoms with Gasteiger partial charge in [-0.3, -0.25) is 9.59 Å². The maximum absolute atomic E-state index is 12.5. The van der Waals surface area contributed by atoms with Gasteiger partial charge in [0, 0.05) is 11.7 Å². The van der Waals surface area contributed by atoms with E-state index in [1.54, 1.807) is 10.7 Å². The number of amides is 2. The van der Waals surface area contributed by atoms with E-state index in [1.807, 2.05) is 37.3 Å². The summed E-state index contributed by atoms with van der Waals surface area (Å²) in [7, 11) is 0. The number of carbonyl (C=O) groups excluding carboxylic acids is 2. The van der Waals surface area contributed by atoms with Crippen LogP contribution in [0.2, 0.25) is 0 Å². The first kappa shape index (κ1) is 16.2. The Morgan fingerprint density at radius 2 is 1.92 bits per heavy atom. The Morgan fingerprint density at radius 3 is 2.62 bits per heavy atom. The van der Waals surface area contributed by atoms with Gasteiger partial charge in [0.25, 0.3) is 5.91 Å². The smallest absolute Gasteiger partial charge is 0.272 e. The summed E-state index contributed by atoms with van der Waals surface area (Å²) in [5.74, 6) is -0.892. The molecule has 0 radical (unpaired) electrons. The molecule has 6 nitrogen and oxygen atoms in total. The third kappa shape index (κ3) is 3.32. The van der Waals surface area contributed by atoms with E-state index in [9.17, 15) is 9.59 Å². The molecule has 1 fully saturated rings. The van der Waals surface area contributed by atoms with Crippen LogP contribution in [0, 0.1) is 12.8 Å². The molecule has 2 aromatic rings. The fourth-order valence-corrected chi connectivity index (χ4v) is 3.30. The molecule has 1 saturated carbocycles. The van der Waals surface area contributed by atoms with Crippen LogP contribution in [0.3, 0.4) is 0 Å². The molecule has 2 amide bonds. The fraction of sp³-hybridized carbons (Fsp3) is 0.389. The van der Waals surface area contributed by atoms with Gasteiger partial charge in [-0.15, -0.1) is 0 Å². The van der Waals surface area contributed by atoms with Crippen molar-refractivity contribution in [1.82, 2.24) is 15.1 Å². The number of primary amides is 1. The number of aromatic nitrogens is 2. The summed E-state index contributed by atoms with van der Waals surface area (Å²) in [5.41, 5.74) is 7.60. The molecule has 0 saturated heterocycles. The number of nitrogens with two attached hydrogens (primary N) is 1. The molecular weight excluding hydrogens is 304 g/mol. The van der Waals surface area contributed by atoms with E-state index in [-0.39, 0.29) is 23.8 Å². The van der Waals surface area contributed by atoms with Crippen molar-refractivity contribution >= 4 is 11.8 Å². The Hall–Kier alpha value is -2.63. The number of nitrogens with one attached hydrogen (secondary N) is 1. The van der Waals surface area contributed by atoms with Crippen LogP contribution in [0.5, 0.6) is 0 Å². The van der Waals surface area contributed by atoms with Gasteiger partial charge in [-0.05, 0) is 38.0 Å². The Bertz CT molecular complexity index is 739. The first-order valence-electron chi connectivity index (χ1n) is 8.28. The van der Waals surface area contributed by atoms with Gasteiger partial charge >= 0.3 is 0 Å². The van der Waals surface area contributed by atoms with Gasteiger partial charge in [0.1, 0.15) is 0 Å². The Labute approximate surface area is 141 Å². The predicted molar refractivity (Wildman–Crippen MR) is 90.7 cm³/mol. The molecular formula is C18H22N4O2. The molecule has 3 rings (SSSR count). The number of nitrogens with zero attached hydrogens (tertiary/aromatic N) is 2. The minimum Gasteiger partial charge on any atom is -0.369 e. The Kier molecular flexibility index (Phi) is 4.64. The fourth-order valence-electron chi connectivity index (χ4n) is 3.30. The van der Waals surface area contributed by atoms with Gasteiger partial charge in [0.15, 0.2) is 5.69 Å². The molecule has 6 heteroatoms. The highest BCUT2D eigenvalue weighted by Crippen LogP contribution is 2.24. The maximum atomic E-state index is 12.5. The average Bonchev–Trinajstić information content (AvgIpc) is 2.98. The van der Waals surface area contributed by atoms with Crippen LogP contribution in [0.1, 0.15) is 41.9 Å². The van der Waals surface area contributed by atoms with E-state index >= 15 is 0 Å². The molecule has 0 spiro atoms. The third-order valence-electron chi connectivity index (χ3n) is 4.57. The maximum Gasteiger partial charge on any atom is 0.272 e. The molecule has 0 aliphatic heterocycles.